The van der Waals surface area contributed by atoms with Crippen molar-refractivity contribution in [2.45, 2.75) is 24.5 Å². The van der Waals surface area contributed by atoms with Gasteiger partial charge >= 0.3 is 12.2 Å². The van der Waals surface area contributed by atoms with Crippen LogP contribution in [-0.2, 0) is 6.54 Å². The minimum atomic E-state index is -5.42. The van der Waals surface area contributed by atoms with Crippen LogP contribution in [-0.4, -0.2) is 38.6 Å². The van der Waals surface area contributed by atoms with Crippen LogP contribution in [0.15, 0.2) is 72.1 Å². The summed E-state index contributed by atoms with van der Waals surface area (Å²) in [4.78, 5) is 36.9. The highest BCUT2D eigenvalue weighted by Crippen LogP contribution is 2.49. The Bertz CT molecular complexity index is 1240. The van der Waals surface area contributed by atoms with Crippen LogP contribution in [0, 0.1) is 16.0 Å². The smallest absolute Gasteiger partial charge is 0.363 e. The fraction of sp³-hybridized carbons (Fsp3) is 0.217. The third kappa shape index (κ3) is 4.37. The zero-order valence-electron chi connectivity index (χ0n) is 17.8. The Morgan fingerprint density at radius 3 is 2.31 bits per heavy atom. The Morgan fingerprint density at radius 2 is 1.77 bits per heavy atom. The number of ketones is 1. The molecule has 2 aromatic carbocycles. The highest BCUT2D eigenvalue weighted by molar-refractivity contribution is 7.12. The number of Topliss-reactive ketones (excluding diaryl/α,β-unsaturated/α-hetero) is 1. The Balaban J connectivity index is 1.87. The van der Waals surface area contributed by atoms with E-state index in [9.17, 15) is 38.0 Å². The van der Waals surface area contributed by atoms with Gasteiger partial charge in [-0.05, 0) is 22.6 Å². The van der Waals surface area contributed by atoms with Crippen LogP contribution in [0.25, 0.3) is 0 Å². The summed E-state index contributed by atoms with van der Waals surface area (Å²) in [5, 5.41) is 26.2. The van der Waals surface area contributed by atoms with Crippen LogP contribution in [0.4, 0.5) is 23.7 Å². The lowest BCUT2D eigenvalue weighted by atomic mass is 9.77. The van der Waals surface area contributed by atoms with E-state index in [0.29, 0.717) is 5.56 Å². The summed E-state index contributed by atoms with van der Waals surface area (Å²) in [7, 11) is 0. The standard InChI is InChI=1S/C23H18F3N3O5S/c24-23(25,26)22(32)18(20(30)17-7-4-12-35-17)19(15-8-10-16(11-9-15)29(33)34)27-21(31)28(22)13-14-5-2-1-3-6-14/h1-12,18-19,32H,13H2,(H,27,31)/t18-,19+,22+/m0/s1. The minimum Gasteiger partial charge on any atom is -0.363 e. The summed E-state index contributed by atoms with van der Waals surface area (Å²) < 4.78 is 44.0. The second-order valence-electron chi connectivity index (χ2n) is 7.89. The molecule has 0 spiro atoms. The molecule has 0 saturated carbocycles. The Labute approximate surface area is 200 Å². The van der Waals surface area contributed by atoms with Crippen molar-refractivity contribution in [3.05, 3.63) is 98.2 Å². The first-order valence-corrected chi connectivity index (χ1v) is 11.1. The zero-order valence-corrected chi connectivity index (χ0v) is 18.6. The topological polar surface area (TPSA) is 113 Å². The van der Waals surface area contributed by atoms with Crippen LogP contribution < -0.4 is 5.32 Å². The second kappa shape index (κ2) is 9.12. The number of nitrogens with zero attached hydrogens (tertiary/aromatic N) is 2. The number of benzene rings is 2. The number of non-ortho nitro benzene ring substituents is 1. The largest absolute Gasteiger partial charge is 0.437 e. The van der Waals surface area contributed by atoms with Crippen molar-refractivity contribution in [1.82, 2.24) is 10.2 Å². The number of alkyl halides is 3. The van der Waals surface area contributed by atoms with Gasteiger partial charge in [0.25, 0.3) is 11.4 Å². The molecular weight excluding hydrogens is 487 g/mol. The van der Waals surface area contributed by atoms with E-state index in [1.165, 1.54) is 29.6 Å². The Morgan fingerprint density at radius 1 is 1.11 bits per heavy atom. The highest BCUT2D eigenvalue weighted by Gasteiger charge is 2.70. The molecule has 1 saturated heterocycles. The van der Waals surface area contributed by atoms with Crippen molar-refractivity contribution in [3.63, 3.8) is 0 Å². The number of hydrogen-bond donors (Lipinski definition) is 2. The zero-order chi connectivity index (χ0) is 25.4. The Kier molecular flexibility index (Phi) is 6.34. The molecule has 2 N–H and O–H groups in total. The average Bonchev–Trinajstić information content (AvgIpc) is 3.36. The van der Waals surface area contributed by atoms with Gasteiger partial charge in [0.15, 0.2) is 5.78 Å². The van der Waals surface area contributed by atoms with Crippen molar-refractivity contribution >= 4 is 28.8 Å². The first kappa shape index (κ1) is 24.4. The number of rotatable bonds is 6. The number of hydrogen-bond acceptors (Lipinski definition) is 6. The van der Waals surface area contributed by atoms with Gasteiger partial charge in [0.05, 0.1) is 22.4 Å². The number of urea groups is 1. The summed E-state index contributed by atoms with van der Waals surface area (Å²) in [6.07, 6.45) is -5.42. The molecule has 3 atom stereocenters. The van der Waals surface area contributed by atoms with Crippen LogP contribution in [0.5, 0.6) is 0 Å². The summed E-state index contributed by atoms with van der Waals surface area (Å²) >= 11 is 0.897. The molecule has 2 heterocycles. The van der Waals surface area contributed by atoms with Crippen molar-refractivity contribution < 1.29 is 32.8 Å². The third-order valence-corrected chi connectivity index (χ3v) is 6.70. The van der Waals surface area contributed by atoms with E-state index in [0.717, 1.165) is 35.6 Å². The van der Waals surface area contributed by atoms with Crippen molar-refractivity contribution in [3.8, 4) is 0 Å². The van der Waals surface area contributed by atoms with E-state index >= 15 is 0 Å². The maximum Gasteiger partial charge on any atom is 0.437 e. The SMILES string of the molecule is O=C(c1cccs1)[C@@H]1[C@@H](c2ccc([N+](=O)[O-])cc2)NC(=O)N(Cc2ccccc2)[C@]1(O)C(F)(F)F. The first-order chi connectivity index (χ1) is 16.5. The van der Waals surface area contributed by atoms with Crippen LogP contribution in [0.1, 0.15) is 26.8 Å². The molecule has 12 heteroatoms. The van der Waals surface area contributed by atoms with Gasteiger partial charge in [0.2, 0.25) is 0 Å². The lowest BCUT2D eigenvalue weighted by Crippen LogP contribution is -2.73. The van der Waals surface area contributed by atoms with Gasteiger partial charge in [0.1, 0.15) is 5.92 Å². The number of amides is 2. The molecule has 3 aromatic rings. The van der Waals surface area contributed by atoms with E-state index in [1.807, 2.05) is 0 Å². The number of aliphatic hydroxyl groups is 1. The van der Waals surface area contributed by atoms with Gasteiger partial charge < -0.3 is 10.4 Å². The maximum atomic E-state index is 14.7. The third-order valence-electron chi connectivity index (χ3n) is 5.81. The summed E-state index contributed by atoms with van der Waals surface area (Å²) in [6, 6.07) is 12.1. The fourth-order valence-electron chi connectivity index (χ4n) is 4.12. The van der Waals surface area contributed by atoms with Gasteiger partial charge in [-0.25, -0.2) is 4.79 Å². The number of carbonyl (C=O) groups is 2. The molecule has 182 valence electrons. The lowest BCUT2D eigenvalue weighted by molar-refractivity contribution is -0.384. The molecule has 0 bridgehead atoms. The lowest BCUT2D eigenvalue weighted by Gasteiger charge is -2.51. The normalized spacial score (nSPS) is 22.5. The van der Waals surface area contributed by atoms with E-state index < -0.39 is 47.1 Å². The molecule has 0 radical (unpaired) electrons. The average molecular weight is 505 g/mol. The summed E-state index contributed by atoms with van der Waals surface area (Å²) in [5.41, 5.74) is -3.89. The second-order valence-corrected chi connectivity index (χ2v) is 8.84. The fourth-order valence-corrected chi connectivity index (χ4v) is 4.83. The summed E-state index contributed by atoms with van der Waals surface area (Å²) in [5.74, 6) is -3.23. The highest BCUT2D eigenvalue weighted by atomic mass is 32.1. The van der Waals surface area contributed by atoms with Gasteiger partial charge in [-0.15, -0.1) is 11.3 Å². The number of thiophene rings is 1. The van der Waals surface area contributed by atoms with Gasteiger partial charge in [-0.3, -0.25) is 19.8 Å². The van der Waals surface area contributed by atoms with Crippen LogP contribution in [0.2, 0.25) is 0 Å². The van der Waals surface area contributed by atoms with Gasteiger partial charge in [0, 0.05) is 12.1 Å². The van der Waals surface area contributed by atoms with E-state index in [4.69, 9.17) is 0 Å². The molecule has 2 amide bonds. The molecule has 8 nitrogen and oxygen atoms in total. The van der Waals surface area contributed by atoms with Crippen molar-refractivity contribution in [1.29, 1.82) is 0 Å². The van der Waals surface area contributed by atoms with E-state index in [2.05, 4.69) is 5.32 Å². The molecule has 1 fully saturated rings. The quantitative estimate of drug-likeness (QED) is 0.287. The maximum absolute atomic E-state index is 14.7. The molecule has 1 aliphatic heterocycles. The molecule has 35 heavy (non-hydrogen) atoms. The van der Waals surface area contributed by atoms with E-state index in [-0.39, 0.29) is 21.0 Å². The Hall–Kier alpha value is -3.77. The number of carbonyl (C=O) groups excluding carboxylic acids is 2. The predicted molar refractivity (Wildman–Crippen MR) is 119 cm³/mol. The first-order valence-electron chi connectivity index (χ1n) is 10.3. The minimum absolute atomic E-state index is 0.000826. The summed E-state index contributed by atoms with van der Waals surface area (Å²) in [6.45, 7) is -0.621. The molecule has 4 rings (SSSR count). The molecule has 1 aliphatic rings. The monoisotopic (exact) mass is 505 g/mol. The van der Waals surface area contributed by atoms with Gasteiger partial charge in [-0.1, -0.05) is 48.5 Å². The number of nitro groups is 1. The predicted octanol–water partition coefficient (Wildman–Crippen LogP) is 4.67. The van der Waals surface area contributed by atoms with Crippen molar-refractivity contribution in [2.24, 2.45) is 5.92 Å². The van der Waals surface area contributed by atoms with Crippen molar-refractivity contribution in [2.75, 3.05) is 0 Å². The van der Waals surface area contributed by atoms with Gasteiger partial charge in [-0.2, -0.15) is 13.2 Å². The number of nitro benzene ring substituents is 1. The molecular formula is C23H18F3N3O5S. The van der Waals surface area contributed by atoms with E-state index in [1.54, 1.807) is 18.2 Å². The molecule has 0 aliphatic carbocycles. The van der Waals surface area contributed by atoms with Crippen LogP contribution >= 0.6 is 11.3 Å². The molecule has 1 aromatic heterocycles. The number of halogens is 3. The van der Waals surface area contributed by atoms with Crippen LogP contribution in [0.3, 0.4) is 0 Å². The number of nitrogens with one attached hydrogen (secondary N) is 1. The molecule has 0 unspecified atom stereocenters.